The summed E-state index contributed by atoms with van der Waals surface area (Å²) >= 11 is 15.9. The smallest absolute Gasteiger partial charge is 0.350 e. The van der Waals surface area contributed by atoms with E-state index < -0.39 is 17.6 Å². The van der Waals surface area contributed by atoms with Crippen molar-refractivity contribution in [3.63, 3.8) is 0 Å². The summed E-state index contributed by atoms with van der Waals surface area (Å²) in [6, 6.07) is 0. The van der Waals surface area contributed by atoms with Gasteiger partial charge in [-0.1, -0.05) is 34.8 Å². The van der Waals surface area contributed by atoms with Gasteiger partial charge in [-0.25, -0.2) is 0 Å². The van der Waals surface area contributed by atoms with E-state index in [9.17, 15) is 10.00 Å². The largest absolute Gasteiger partial charge is 0.444 e. The zero-order valence-electron chi connectivity index (χ0n) is 6.37. The molecule has 0 bridgehead atoms. The summed E-state index contributed by atoms with van der Waals surface area (Å²) in [7, 11) is -1.18. The predicted molar refractivity (Wildman–Crippen MR) is 49.5 cm³/mol. The van der Waals surface area contributed by atoms with Crippen LogP contribution in [0.1, 0.15) is 0 Å². The van der Waals surface area contributed by atoms with Gasteiger partial charge in [0.05, 0.1) is 14.2 Å². The maximum Gasteiger partial charge on any atom is 0.444 e. The molecule has 74 valence electrons. The topological polar surface area (TPSA) is 58.9 Å². The third-order valence-corrected chi connectivity index (χ3v) is 4.25. The van der Waals surface area contributed by atoms with Crippen molar-refractivity contribution in [1.29, 1.82) is 0 Å². The summed E-state index contributed by atoms with van der Waals surface area (Å²) in [5.74, 6) is -1.69. The van der Waals surface area contributed by atoms with Crippen molar-refractivity contribution >= 4 is 42.7 Å². The molecule has 0 saturated heterocycles. The molecule has 0 fully saturated rings. The van der Waals surface area contributed by atoms with E-state index in [1.54, 1.807) is 0 Å². The molecule has 0 aliphatic rings. The molecule has 0 spiro atoms. The van der Waals surface area contributed by atoms with Gasteiger partial charge in [-0.2, -0.15) is 13.9 Å². The SMILES string of the molecule is CO[P+](O)(OC)C(O)C(Cl)(Cl)Cl. The van der Waals surface area contributed by atoms with Crippen LogP contribution in [0.2, 0.25) is 0 Å². The average Bonchev–Trinajstić information content (AvgIpc) is 2.00. The number of aliphatic hydroxyl groups is 1. The number of alkyl halides is 3. The minimum atomic E-state index is -3.48. The lowest BCUT2D eigenvalue weighted by atomic mass is 10.8. The molecule has 4 nitrogen and oxygen atoms in total. The van der Waals surface area contributed by atoms with Gasteiger partial charge in [0.15, 0.2) is 0 Å². The first kappa shape index (κ1) is 13.1. The molecule has 0 rings (SSSR count). The number of aliphatic hydroxyl groups excluding tert-OH is 1. The van der Waals surface area contributed by atoms with Crippen LogP contribution in [0.3, 0.4) is 0 Å². The normalized spacial score (nSPS) is 16.2. The lowest BCUT2D eigenvalue weighted by Crippen LogP contribution is -2.29. The molecule has 0 heterocycles. The number of hydrogen-bond donors (Lipinski definition) is 2. The molecule has 0 saturated carbocycles. The van der Waals surface area contributed by atoms with Crippen molar-refractivity contribution in [2.24, 2.45) is 0 Å². The van der Waals surface area contributed by atoms with E-state index in [0.29, 0.717) is 0 Å². The third kappa shape index (κ3) is 3.13. The van der Waals surface area contributed by atoms with E-state index >= 15 is 0 Å². The van der Waals surface area contributed by atoms with Gasteiger partial charge in [-0.05, 0) is 0 Å². The van der Waals surface area contributed by atoms with E-state index in [-0.39, 0.29) is 0 Å². The Morgan fingerprint density at radius 3 is 1.67 bits per heavy atom. The minimum Gasteiger partial charge on any atom is -0.350 e. The summed E-state index contributed by atoms with van der Waals surface area (Å²) in [5.41, 5.74) is 0. The zero-order valence-corrected chi connectivity index (χ0v) is 9.53. The summed E-state index contributed by atoms with van der Waals surface area (Å²) in [6.07, 6.45) is 0. The number of hydrogen-bond acceptors (Lipinski definition) is 4. The molecule has 1 unspecified atom stereocenters. The Balaban J connectivity index is 4.53. The second-order valence-electron chi connectivity index (χ2n) is 1.84. The van der Waals surface area contributed by atoms with Crippen LogP contribution in [-0.4, -0.2) is 33.9 Å². The first-order valence-corrected chi connectivity index (χ1v) is 5.53. The van der Waals surface area contributed by atoms with Crippen LogP contribution in [0, 0.1) is 0 Å². The number of rotatable bonds is 3. The highest BCUT2D eigenvalue weighted by Gasteiger charge is 2.58. The molecule has 2 N–H and O–H groups in total. The van der Waals surface area contributed by atoms with Gasteiger partial charge in [-0.15, -0.1) is 0 Å². The third-order valence-electron chi connectivity index (χ3n) is 1.13. The monoisotopic (exact) mass is 257 g/mol. The van der Waals surface area contributed by atoms with E-state index in [0.717, 1.165) is 14.2 Å². The molecule has 1 atom stereocenters. The molecule has 0 aliphatic carbocycles. The van der Waals surface area contributed by atoms with E-state index in [1.807, 2.05) is 0 Å². The van der Waals surface area contributed by atoms with Gasteiger partial charge in [0.1, 0.15) is 0 Å². The van der Waals surface area contributed by atoms with Crippen molar-refractivity contribution in [3.05, 3.63) is 0 Å². The van der Waals surface area contributed by atoms with Crippen LogP contribution in [0.4, 0.5) is 0 Å². The zero-order chi connectivity index (χ0) is 9.99. The second-order valence-corrected chi connectivity index (χ2v) is 6.56. The van der Waals surface area contributed by atoms with Gasteiger partial charge in [0.2, 0.25) is 0 Å². The van der Waals surface area contributed by atoms with Crippen molar-refractivity contribution in [2.45, 2.75) is 9.64 Å². The van der Waals surface area contributed by atoms with Gasteiger partial charge in [-0.3, -0.25) is 0 Å². The molecule has 8 heteroatoms. The first-order valence-electron chi connectivity index (χ1n) is 2.75. The van der Waals surface area contributed by atoms with Gasteiger partial charge in [0.25, 0.3) is 9.64 Å². The summed E-state index contributed by atoms with van der Waals surface area (Å²) in [6.45, 7) is 0. The van der Waals surface area contributed by atoms with Crippen LogP contribution in [0.25, 0.3) is 0 Å². The molecule has 12 heavy (non-hydrogen) atoms. The van der Waals surface area contributed by atoms with Crippen molar-refractivity contribution in [3.8, 4) is 0 Å². The summed E-state index contributed by atoms with van der Waals surface area (Å²) in [4.78, 5) is 9.40. The molecule has 0 aliphatic heterocycles. The maximum atomic E-state index is 9.40. The molecule has 0 radical (unpaired) electrons. The van der Waals surface area contributed by atoms with Crippen LogP contribution < -0.4 is 0 Å². The average molecular weight is 258 g/mol. The predicted octanol–water partition coefficient (Wildman–Crippen LogP) is 1.72. The molecular weight excluding hydrogens is 249 g/mol. The highest BCUT2D eigenvalue weighted by atomic mass is 35.6. The highest BCUT2D eigenvalue weighted by Crippen LogP contribution is 2.64. The molecule has 0 aromatic rings. The lowest BCUT2D eigenvalue weighted by molar-refractivity contribution is 0.151. The Kier molecular flexibility index (Phi) is 5.01. The Hall–Kier alpha value is 1.14. The van der Waals surface area contributed by atoms with Crippen LogP contribution in [0.5, 0.6) is 0 Å². The molecule has 0 aromatic heterocycles. The van der Waals surface area contributed by atoms with Crippen molar-refractivity contribution in [1.82, 2.24) is 0 Å². The van der Waals surface area contributed by atoms with Crippen LogP contribution in [0.15, 0.2) is 0 Å². The Labute approximate surface area is 85.9 Å². The quantitative estimate of drug-likeness (QED) is 0.598. The van der Waals surface area contributed by atoms with E-state index in [4.69, 9.17) is 34.8 Å². The van der Waals surface area contributed by atoms with E-state index in [1.165, 1.54) is 0 Å². The molecular formula is C4H9Cl3O4P+. The van der Waals surface area contributed by atoms with Crippen molar-refractivity contribution in [2.75, 3.05) is 14.2 Å². The molecule has 0 amide bonds. The summed E-state index contributed by atoms with van der Waals surface area (Å²) < 4.78 is 7.00. The standard InChI is InChI=1S/C4H9Cl3O4P/c1-10-12(9,11-2)3(8)4(5,6)7/h3,8-9H,1-2H3/q+1. The fraction of sp³-hybridized carbons (Fsp3) is 1.00. The van der Waals surface area contributed by atoms with Crippen LogP contribution >= 0.6 is 42.7 Å². The Bertz CT molecular complexity index is 146. The summed E-state index contributed by atoms with van der Waals surface area (Å²) in [5, 5.41) is 9.26. The van der Waals surface area contributed by atoms with Crippen molar-refractivity contribution < 1.29 is 19.0 Å². The van der Waals surface area contributed by atoms with Gasteiger partial charge >= 0.3 is 7.94 Å². The first-order chi connectivity index (χ1) is 5.28. The number of halogens is 3. The Morgan fingerprint density at radius 1 is 1.25 bits per heavy atom. The minimum absolute atomic E-state index is 1.15. The fourth-order valence-electron chi connectivity index (χ4n) is 0.459. The second kappa shape index (κ2) is 4.58. The van der Waals surface area contributed by atoms with Gasteiger partial charge < -0.3 is 5.11 Å². The Morgan fingerprint density at radius 2 is 1.58 bits per heavy atom. The maximum absolute atomic E-state index is 9.40. The molecule has 0 aromatic carbocycles. The van der Waals surface area contributed by atoms with Gasteiger partial charge in [0, 0.05) is 0 Å². The van der Waals surface area contributed by atoms with Crippen LogP contribution in [-0.2, 0) is 9.05 Å². The highest BCUT2D eigenvalue weighted by molar-refractivity contribution is 7.61. The fourth-order valence-corrected chi connectivity index (χ4v) is 2.49. The lowest BCUT2D eigenvalue weighted by Gasteiger charge is -2.22. The van der Waals surface area contributed by atoms with E-state index in [2.05, 4.69) is 9.05 Å².